The van der Waals surface area contributed by atoms with Crippen molar-refractivity contribution in [2.75, 3.05) is 16.8 Å². The first-order chi connectivity index (χ1) is 8.18. The summed E-state index contributed by atoms with van der Waals surface area (Å²) in [5, 5.41) is 4.09. The van der Waals surface area contributed by atoms with E-state index in [1.54, 1.807) is 0 Å². The van der Waals surface area contributed by atoms with Gasteiger partial charge in [-0.1, -0.05) is 25.4 Å². The lowest BCUT2D eigenvalue weighted by Crippen LogP contribution is -2.27. The third-order valence-corrected chi connectivity index (χ3v) is 4.43. The van der Waals surface area contributed by atoms with Gasteiger partial charge in [-0.25, -0.2) is 9.97 Å². The predicted molar refractivity (Wildman–Crippen MR) is 75.1 cm³/mol. The molecule has 0 bridgehead atoms. The van der Waals surface area contributed by atoms with Crippen LogP contribution < -0.4 is 5.32 Å². The summed E-state index contributed by atoms with van der Waals surface area (Å²) in [6.45, 7) is 4.23. The number of hydrogen-bond donors (Lipinski definition) is 1. The van der Waals surface area contributed by atoms with E-state index in [0.29, 0.717) is 17.1 Å². The standard InChI is InChI=1S/C12H18ClN3S/c1-8(2)10-11(13)14-7-15-12(10)16-9-4-3-5-17-6-9/h7-9H,3-6H2,1-2H3,(H,14,15,16). The van der Waals surface area contributed by atoms with Crippen LogP contribution in [0.15, 0.2) is 6.33 Å². The third kappa shape index (κ3) is 3.26. The van der Waals surface area contributed by atoms with E-state index < -0.39 is 0 Å². The number of anilines is 1. The average Bonchev–Trinajstić information content (AvgIpc) is 2.30. The smallest absolute Gasteiger partial charge is 0.138 e. The number of nitrogens with zero attached hydrogens (tertiary/aromatic N) is 2. The molecule has 17 heavy (non-hydrogen) atoms. The Morgan fingerprint density at radius 1 is 1.47 bits per heavy atom. The fourth-order valence-corrected chi connectivity index (χ4v) is 3.47. The van der Waals surface area contributed by atoms with E-state index in [-0.39, 0.29) is 0 Å². The monoisotopic (exact) mass is 271 g/mol. The van der Waals surface area contributed by atoms with E-state index in [4.69, 9.17) is 11.6 Å². The van der Waals surface area contributed by atoms with Crippen molar-refractivity contribution >= 4 is 29.2 Å². The first-order valence-electron chi connectivity index (χ1n) is 6.03. The summed E-state index contributed by atoms with van der Waals surface area (Å²) < 4.78 is 0. The van der Waals surface area contributed by atoms with E-state index >= 15 is 0 Å². The second kappa shape index (κ2) is 5.91. The van der Waals surface area contributed by atoms with Crippen molar-refractivity contribution in [2.45, 2.75) is 38.6 Å². The van der Waals surface area contributed by atoms with Crippen molar-refractivity contribution in [1.29, 1.82) is 0 Å². The number of aromatic nitrogens is 2. The fourth-order valence-electron chi connectivity index (χ4n) is 2.05. The summed E-state index contributed by atoms with van der Waals surface area (Å²) in [7, 11) is 0. The molecule has 1 aliphatic heterocycles. The van der Waals surface area contributed by atoms with Crippen LogP contribution >= 0.6 is 23.4 Å². The van der Waals surface area contributed by atoms with Crippen LogP contribution in [-0.2, 0) is 0 Å². The Hall–Kier alpha value is -0.480. The minimum Gasteiger partial charge on any atom is -0.366 e. The maximum absolute atomic E-state index is 6.15. The Morgan fingerprint density at radius 2 is 2.29 bits per heavy atom. The van der Waals surface area contributed by atoms with Gasteiger partial charge in [-0.2, -0.15) is 11.8 Å². The van der Waals surface area contributed by atoms with Gasteiger partial charge >= 0.3 is 0 Å². The molecule has 3 nitrogen and oxygen atoms in total. The van der Waals surface area contributed by atoms with Gasteiger partial charge in [0.05, 0.1) is 0 Å². The summed E-state index contributed by atoms with van der Waals surface area (Å²) in [5.41, 5.74) is 1.03. The van der Waals surface area contributed by atoms with E-state index in [1.807, 2.05) is 11.8 Å². The lowest BCUT2D eigenvalue weighted by Gasteiger charge is -2.24. The molecule has 1 unspecified atom stereocenters. The number of thioether (sulfide) groups is 1. The van der Waals surface area contributed by atoms with Gasteiger partial charge in [0.1, 0.15) is 17.3 Å². The Kier molecular flexibility index (Phi) is 4.51. The van der Waals surface area contributed by atoms with Gasteiger partial charge in [0.2, 0.25) is 0 Å². The normalized spacial score (nSPS) is 20.6. The first kappa shape index (κ1) is 13.0. The Balaban J connectivity index is 2.16. The zero-order valence-corrected chi connectivity index (χ0v) is 11.8. The van der Waals surface area contributed by atoms with Crippen LogP contribution in [0.4, 0.5) is 5.82 Å². The van der Waals surface area contributed by atoms with Crippen LogP contribution in [0, 0.1) is 0 Å². The second-order valence-corrected chi connectivity index (χ2v) is 6.15. The number of rotatable bonds is 3. The zero-order chi connectivity index (χ0) is 12.3. The molecule has 1 saturated heterocycles. The van der Waals surface area contributed by atoms with E-state index in [1.165, 1.54) is 24.9 Å². The van der Waals surface area contributed by atoms with Crippen LogP contribution in [0.25, 0.3) is 0 Å². The molecule has 2 rings (SSSR count). The molecule has 0 aromatic carbocycles. The summed E-state index contributed by atoms with van der Waals surface area (Å²) in [4.78, 5) is 8.40. The maximum Gasteiger partial charge on any atom is 0.138 e. The highest BCUT2D eigenvalue weighted by molar-refractivity contribution is 7.99. The van der Waals surface area contributed by atoms with Crippen LogP contribution in [0.5, 0.6) is 0 Å². The van der Waals surface area contributed by atoms with Gasteiger partial charge in [0, 0.05) is 17.4 Å². The SMILES string of the molecule is CC(C)c1c(Cl)ncnc1NC1CCCSC1. The summed E-state index contributed by atoms with van der Waals surface area (Å²) >= 11 is 8.15. The minimum atomic E-state index is 0.336. The second-order valence-electron chi connectivity index (χ2n) is 4.64. The molecule has 1 atom stereocenters. The molecule has 1 aromatic heterocycles. The lowest BCUT2D eigenvalue weighted by atomic mass is 10.1. The van der Waals surface area contributed by atoms with E-state index in [0.717, 1.165) is 17.1 Å². The molecule has 0 aliphatic carbocycles. The van der Waals surface area contributed by atoms with Crippen molar-refractivity contribution in [3.05, 3.63) is 17.0 Å². The van der Waals surface area contributed by atoms with Crippen LogP contribution in [0.1, 0.15) is 38.2 Å². The van der Waals surface area contributed by atoms with Crippen LogP contribution in [0.2, 0.25) is 5.15 Å². The molecule has 0 spiro atoms. The van der Waals surface area contributed by atoms with Crippen molar-refractivity contribution < 1.29 is 0 Å². The molecule has 94 valence electrons. The van der Waals surface area contributed by atoms with Crippen molar-refractivity contribution in [1.82, 2.24) is 9.97 Å². The average molecular weight is 272 g/mol. The minimum absolute atomic E-state index is 0.336. The largest absolute Gasteiger partial charge is 0.366 e. The molecule has 1 aliphatic rings. The summed E-state index contributed by atoms with van der Waals surface area (Å²) in [6.07, 6.45) is 4.02. The molecular formula is C12H18ClN3S. The molecule has 0 saturated carbocycles. The molecule has 0 amide bonds. The highest BCUT2D eigenvalue weighted by Crippen LogP contribution is 2.29. The van der Waals surface area contributed by atoms with Gasteiger partial charge < -0.3 is 5.32 Å². The van der Waals surface area contributed by atoms with E-state index in [9.17, 15) is 0 Å². The predicted octanol–water partition coefficient (Wildman–Crippen LogP) is 3.56. The topological polar surface area (TPSA) is 37.8 Å². The van der Waals surface area contributed by atoms with E-state index in [2.05, 4.69) is 29.1 Å². The Morgan fingerprint density at radius 3 is 2.94 bits per heavy atom. The van der Waals surface area contributed by atoms with Gasteiger partial charge in [0.25, 0.3) is 0 Å². The zero-order valence-electron chi connectivity index (χ0n) is 10.2. The number of nitrogens with one attached hydrogen (secondary N) is 1. The van der Waals surface area contributed by atoms with Gasteiger partial charge in [-0.05, 0) is 24.5 Å². The first-order valence-corrected chi connectivity index (χ1v) is 7.56. The van der Waals surface area contributed by atoms with Gasteiger partial charge in [-0.15, -0.1) is 0 Å². The third-order valence-electron chi connectivity index (χ3n) is 2.91. The van der Waals surface area contributed by atoms with Crippen LogP contribution in [0.3, 0.4) is 0 Å². The molecule has 1 N–H and O–H groups in total. The van der Waals surface area contributed by atoms with Crippen LogP contribution in [-0.4, -0.2) is 27.5 Å². The summed E-state index contributed by atoms with van der Waals surface area (Å²) in [5.74, 6) is 3.67. The summed E-state index contributed by atoms with van der Waals surface area (Å²) in [6, 6.07) is 0.511. The molecule has 5 heteroatoms. The Bertz CT molecular complexity index is 378. The fraction of sp³-hybridized carbons (Fsp3) is 0.667. The van der Waals surface area contributed by atoms with Gasteiger partial charge in [-0.3, -0.25) is 0 Å². The van der Waals surface area contributed by atoms with Crippen molar-refractivity contribution in [2.24, 2.45) is 0 Å². The molecular weight excluding hydrogens is 254 g/mol. The quantitative estimate of drug-likeness (QED) is 0.853. The molecule has 2 heterocycles. The number of hydrogen-bond acceptors (Lipinski definition) is 4. The van der Waals surface area contributed by atoms with Gasteiger partial charge in [0.15, 0.2) is 0 Å². The maximum atomic E-state index is 6.15. The lowest BCUT2D eigenvalue weighted by molar-refractivity contribution is 0.678. The highest BCUT2D eigenvalue weighted by atomic mass is 35.5. The molecule has 0 radical (unpaired) electrons. The molecule has 1 fully saturated rings. The number of halogens is 1. The molecule has 1 aromatic rings. The highest BCUT2D eigenvalue weighted by Gasteiger charge is 2.18. The Labute approximate surface area is 112 Å². The van der Waals surface area contributed by atoms with Crippen molar-refractivity contribution in [3.63, 3.8) is 0 Å². The van der Waals surface area contributed by atoms with Crippen molar-refractivity contribution in [3.8, 4) is 0 Å².